The van der Waals surface area contributed by atoms with Crippen molar-refractivity contribution in [2.75, 3.05) is 6.61 Å². The van der Waals surface area contributed by atoms with Gasteiger partial charge in [0.2, 0.25) is 0 Å². The Hall–Kier alpha value is -3.48. The first-order chi connectivity index (χ1) is 17.6. The van der Waals surface area contributed by atoms with Crippen molar-refractivity contribution in [1.29, 1.82) is 0 Å². The summed E-state index contributed by atoms with van der Waals surface area (Å²) in [5.41, 5.74) is -3.35. The molecule has 206 valence electrons. The van der Waals surface area contributed by atoms with E-state index in [0.717, 1.165) is 65.9 Å². The SMILES string of the molecule is C=CCn1c(=O)n(C)c(=O)n(CCCCC)c1=O.CCCCCn1c(=O)n(C)c(=O)n(CC2CO2)c1=O. The van der Waals surface area contributed by atoms with Crippen LogP contribution in [0.5, 0.6) is 0 Å². The van der Waals surface area contributed by atoms with Crippen molar-refractivity contribution in [3.8, 4) is 0 Å². The van der Waals surface area contributed by atoms with Crippen LogP contribution in [0.1, 0.15) is 52.4 Å². The maximum atomic E-state index is 12.2. The summed E-state index contributed by atoms with van der Waals surface area (Å²) in [7, 11) is 2.77. The lowest BCUT2D eigenvalue weighted by atomic mass is 10.2. The first-order valence-corrected chi connectivity index (χ1v) is 12.6. The number of ether oxygens (including phenoxy) is 1. The molecule has 0 aliphatic carbocycles. The van der Waals surface area contributed by atoms with E-state index in [2.05, 4.69) is 6.58 Å². The van der Waals surface area contributed by atoms with Gasteiger partial charge in [0.15, 0.2) is 0 Å². The molecule has 13 heteroatoms. The summed E-state index contributed by atoms with van der Waals surface area (Å²) in [6.07, 6.45) is 6.78. The van der Waals surface area contributed by atoms with Crippen LogP contribution in [0.15, 0.2) is 41.4 Å². The molecule has 1 aliphatic heterocycles. The van der Waals surface area contributed by atoms with Gasteiger partial charge in [-0.15, -0.1) is 6.58 Å². The van der Waals surface area contributed by atoms with Crippen LogP contribution in [0.25, 0.3) is 0 Å². The third-order valence-corrected chi connectivity index (χ3v) is 6.07. The van der Waals surface area contributed by atoms with Crippen LogP contribution < -0.4 is 34.1 Å². The van der Waals surface area contributed by atoms with Crippen LogP contribution in [0.4, 0.5) is 0 Å². The van der Waals surface area contributed by atoms with Crippen molar-refractivity contribution < 1.29 is 4.74 Å². The van der Waals surface area contributed by atoms with Gasteiger partial charge in [0.05, 0.1) is 25.8 Å². The van der Waals surface area contributed by atoms with Crippen molar-refractivity contribution in [2.45, 2.75) is 84.7 Å². The van der Waals surface area contributed by atoms with Gasteiger partial charge < -0.3 is 4.74 Å². The molecule has 0 amide bonds. The summed E-state index contributed by atoms with van der Waals surface area (Å²) in [5, 5.41) is 0. The van der Waals surface area contributed by atoms with Crippen LogP contribution in [0, 0.1) is 0 Å². The summed E-state index contributed by atoms with van der Waals surface area (Å²) in [6.45, 7) is 9.18. The molecule has 0 N–H and O–H groups in total. The topological polar surface area (TPSA) is 145 Å². The molecule has 3 heterocycles. The molecule has 0 aromatic carbocycles. The zero-order valence-electron chi connectivity index (χ0n) is 22.2. The molecular weight excluding hydrogens is 484 g/mol. The summed E-state index contributed by atoms with van der Waals surface area (Å²) >= 11 is 0. The molecular formula is C24H38N6O7. The maximum absolute atomic E-state index is 12.2. The minimum Gasteiger partial charge on any atom is -0.371 e. The summed E-state index contributed by atoms with van der Waals surface area (Å²) < 4.78 is 11.3. The van der Waals surface area contributed by atoms with Crippen LogP contribution in [-0.4, -0.2) is 40.1 Å². The van der Waals surface area contributed by atoms with Crippen molar-refractivity contribution in [3.05, 3.63) is 75.6 Å². The molecule has 1 fully saturated rings. The van der Waals surface area contributed by atoms with E-state index in [-0.39, 0.29) is 19.2 Å². The van der Waals surface area contributed by atoms with E-state index in [9.17, 15) is 28.8 Å². The van der Waals surface area contributed by atoms with Gasteiger partial charge >= 0.3 is 34.1 Å². The van der Waals surface area contributed by atoms with E-state index in [4.69, 9.17) is 4.74 Å². The zero-order valence-corrected chi connectivity index (χ0v) is 22.2. The molecule has 2 aromatic rings. The smallest absolute Gasteiger partial charge is 0.336 e. The van der Waals surface area contributed by atoms with Crippen molar-refractivity contribution >= 4 is 0 Å². The monoisotopic (exact) mass is 522 g/mol. The summed E-state index contributed by atoms with van der Waals surface area (Å²) in [6, 6.07) is 0. The molecule has 37 heavy (non-hydrogen) atoms. The second kappa shape index (κ2) is 13.7. The number of aromatic nitrogens is 6. The lowest BCUT2D eigenvalue weighted by molar-refractivity contribution is 0.361. The molecule has 0 bridgehead atoms. The third-order valence-electron chi connectivity index (χ3n) is 6.07. The number of allylic oxidation sites excluding steroid dienone is 1. The number of hydrogen-bond acceptors (Lipinski definition) is 7. The van der Waals surface area contributed by atoms with Crippen LogP contribution in [0.3, 0.4) is 0 Å². The van der Waals surface area contributed by atoms with E-state index in [1.165, 1.54) is 20.2 Å². The fraction of sp³-hybridized carbons (Fsp3) is 0.667. The molecule has 1 unspecified atom stereocenters. The van der Waals surface area contributed by atoms with Gasteiger partial charge in [-0.25, -0.2) is 56.2 Å². The average molecular weight is 523 g/mol. The first kappa shape index (κ1) is 29.7. The highest BCUT2D eigenvalue weighted by Crippen LogP contribution is 2.08. The Morgan fingerprint density at radius 3 is 1.51 bits per heavy atom. The molecule has 1 aliphatic rings. The average Bonchev–Trinajstić information content (AvgIpc) is 3.71. The summed E-state index contributed by atoms with van der Waals surface area (Å²) in [5.74, 6) is 0. The Bertz CT molecular complexity index is 1430. The standard InChI is InChI=1S/C12H19N3O4.C12H19N3O3/c1-3-4-5-6-14-10(16)13(2)11(17)15(12(14)18)7-9-8-19-9;1-4-6-7-9-15-11(17)13(3)10(16)14(8-5-2)12(15)18/h9H,3-8H2,1-2H3;5H,2,4,6-9H2,1,3H3. The largest absolute Gasteiger partial charge is 0.371 e. The minimum absolute atomic E-state index is 0.0769. The molecule has 0 radical (unpaired) electrons. The van der Waals surface area contributed by atoms with Crippen LogP contribution in [0.2, 0.25) is 0 Å². The lowest BCUT2D eigenvalue weighted by Gasteiger charge is -2.10. The fourth-order valence-electron chi connectivity index (χ4n) is 3.75. The number of nitrogens with zero attached hydrogens (tertiary/aromatic N) is 6. The number of hydrogen-bond donors (Lipinski definition) is 0. The Labute approximate surface area is 213 Å². The minimum atomic E-state index is -0.600. The van der Waals surface area contributed by atoms with Crippen LogP contribution >= 0.6 is 0 Å². The number of unbranched alkanes of at least 4 members (excludes halogenated alkanes) is 4. The Morgan fingerprint density at radius 2 is 1.11 bits per heavy atom. The molecule has 13 nitrogen and oxygen atoms in total. The van der Waals surface area contributed by atoms with E-state index in [0.29, 0.717) is 19.7 Å². The molecule has 0 saturated carbocycles. The second-order valence-electron chi connectivity index (χ2n) is 9.00. The predicted molar refractivity (Wildman–Crippen MR) is 139 cm³/mol. The number of rotatable bonds is 12. The predicted octanol–water partition coefficient (Wildman–Crippen LogP) is -0.617. The first-order valence-electron chi connectivity index (χ1n) is 12.6. The van der Waals surface area contributed by atoms with Crippen LogP contribution in [-0.2, 0) is 45.0 Å². The maximum Gasteiger partial charge on any atom is 0.336 e. The van der Waals surface area contributed by atoms with Crippen molar-refractivity contribution in [3.63, 3.8) is 0 Å². The van der Waals surface area contributed by atoms with E-state index < -0.39 is 34.1 Å². The van der Waals surface area contributed by atoms with Gasteiger partial charge in [-0.2, -0.15) is 0 Å². The number of epoxide rings is 1. The highest BCUT2D eigenvalue weighted by atomic mass is 16.6. The van der Waals surface area contributed by atoms with Gasteiger partial charge in [-0.3, -0.25) is 0 Å². The fourth-order valence-corrected chi connectivity index (χ4v) is 3.75. The molecule has 0 spiro atoms. The van der Waals surface area contributed by atoms with Crippen molar-refractivity contribution in [1.82, 2.24) is 27.4 Å². The summed E-state index contributed by atoms with van der Waals surface area (Å²) in [4.78, 5) is 71.6. The molecule has 2 aromatic heterocycles. The van der Waals surface area contributed by atoms with Gasteiger partial charge in [0.25, 0.3) is 0 Å². The molecule has 3 rings (SSSR count). The normalized spacial score (nSPS) is 14.2. The van der Waals surface area contributed by atoms with Gasteiger partial charge in [-0.05, 0) is 12.8 Å². The van der Waals surface area contributed by atoms with Gasteiger partial charge in [-0.1, -0.05) is 45.6 Å². The Kier molecular flexibility index (Phi) is 11.0. The van der Waals surface area contributed by atoms with E-state index in [1.54, 1.807) is 0 Å². The highest BCUT2D eigenvalue weighted by Gasteiger charge is 2.26. The second-order valence-corrected chi connectivity index (χ2v) is 9.00. The molecule has 1 atom stereocenters. The Morgan fingerprint density at radius 1 is 0.703 bits per heavy atom. The van der Waals surface area contributed by atoms with E-state index in [1.807, 2.05) is 13.8 Å². The van der Waals surface area contributed by atoms with Crippen molar-refractivity contribution in [2.24, 2.45) is 14.1 Å². The Balaban J connectivity index is 0.000000261. The quantitative estimate of drug-likeness (QED) is 0.205. The van der Waals surface area contributed by atoms with Gasteiger partial charge in [0, 0.05) is 27.2 Å². The third kappa shape index (κ3) is 7.28. The lowest BCUT2D eigenvalue weighted by Crippen LogP contribution is -2.54. The van der Waals surface area contributed by atoms with Gasteiger partial charge in [0.1, 0.15) is 0 Å². The highest BCUT2D eigenvalue weighted by molar-refractivity contribution is 4.82. The molecule has 1 saturated heterocycles. The van der Waals surface area contributed by atoms with E-state index >= 15 is 0 Å². The zero-order chi connectivity index (χ0) is 27.7.